The summed E-state index contributed by atoms with van der Waals surface area (Å²) in [6.45, 7) is 3.07. The van der Waals surface area contributed by atoms with Crippen LogP contribution in [-0.4, -0.2) is 84.9 Å². The molecule has 2 saturated heterocycles. The van der Waals surface area contributed by atoms with Crippen LogP contribution in [0.4, 0.5) is 5.82 Å². The van der Waals surface area contributed by atoms with Gasteiger partial charge in [0.25, 0.3) is 5.91 Å². The number of likely N-dealkylation sites (N-methyl/N-ethyl adjacent to an activating group) is 1. The average molecular weight is 339 g/mol. The van der Waals surface area contributed by atoms with Gasteiger partial charge in [0, 0.05) is 38.3 Å². The summed E-state index contributed by atoms with van der Waals surface area (Å²) in [5.74, 6) is 0.698. The molecule has 1 atom stereocenters. The molecule has 1 unspecified atom stereocenters. The Kier molecular flexibility index (Phi) is 4.49. The minimum atomic E-state index is -2.95. The van der Waals surface area contributed by atoms with Crippen LogP contribution in [0.25, 0.3) is 0 Å². The summed E-state index contributed by atoms with van der Waals surface area (Å²) >= 11 is 0. The normalized spacial score (nSPS) is 24.6. The van der Waals surface area contributed by atoms with Gasteiger partial charge in [0.2, 0.25) is 0 Å². The van der Waals surface area contributed by atoms with Crippen LogP contribution in [-0.2, 0) is 9.84 Å². The summed E-state index contributed by atoms with van der Waals surface area (Å²) in [6, 6.07) is 1.45. The Morgan fingerprint density at radius 2 is 2.00 bits per heavy atom. The maximum atomic E-state index is 12.5. The quantitative estimate of drug-likeness (QED) is 0.790. The Morgan fingerprint density at radius 3 is 2.65 bits per heavy atom. The lowest BCUT2D eigenvalue weighted by molar-refractivity contribution is 0.0658. The number of rotatable bonds is 3. The number of carbonyl (C=O) groups excluding carboxylic acids is 1. The van der Waals surface area contributed by atoms with Crippen LogP contribution in [0.2, 0.25) is 0 Å². The average Bonchev–Trinajstić information content (AvgIpc) is 2.86. The molecule has 1 aromatic heterocycles. The Hall–Kier alpha value is -1.74. The largest absolute Gasteiger partial charge is 0.366 e. The van der Waals surface area contributed by atoms with E-state index in [4.69, 9.17) is 0 Å². The number of anilines is 1. The fraction of sp³-hybridized carbons (Fsp3) is 0.643. The van der Waals surface area contributed by atoms with Crippen molar-refractivity contribution in [2.45, 2.75) is 12.5 Å². The van der Waals surface area contributed by atoms with Crippen LogP contribution < -0.4 is 5.32 Å². The topological polar surface area (TPSA) is 95.5 Å². The number of hydrogen-bond acceptors (Lipinski definition) is 7. The van der Waals surface area contributed by atoms with E-state index in [1.807, 2.05) is 7.05 Å². The first-order valence-corrected chi connectivity index (χ1v) is 9.52. The van der Waals surface area contributed by atoms with E-state index in [-0.39, 0.29) is 23.5 Å². The van der Waals surface area contributed by atoms with Crippen molar-refractivity contribution in [3.8, 4) is 0 Å². The van der Waals surface area contributed by atoms with E-state index in [2.05, 4.69) is 20.2 Å². The molecule has 0 saturated carbocycles. The molecule has 0 aromatic carbocycles. The SMILES string of the molecule is CN1CCN(C(=O)c2cc(NC3CCS(=O)(=O)C3)ncn2)CC1. The van der Waals surface area contributed by atoms with Crippen LogP contribution in [0.5, 0.6) is 0 Å². The minimum Gasteiger partial charge on any atom is -0.366 e. The number of piperazine rings is 1. The van der Waals surface area contributed by atoms with Crippen LogP contribution >= 0.6 is 0 Å². The van der Waals surface area contributed by atoms with E-state index in [9.17, 15) is 13.2 Å². The Balaban J connectivity index is 1.66. The Labute approximate surface area is 135 Å². The van der Waals surface area contributed by atoms with Gasteiger partial charge in [0.15, 0.2) is 9.84 Å². The Morgan fingerprint density at radius 1 is 1.26 bits per heavy atom. The first-order valence-electron chi connectivity index (χ1n) is 7.70. The zero-order valence-electron chi connectivity index (χ0n) is 13.1. The first-order chi connectivity index (χ1) is 10.9. The highest BCUT2D eigenvalue weighted by Gasteiger charge is 2.28. The van der Waals surface area contributed by atoms with Crippen molar-refractivity contribution in [2.24, 2.45) is 0 Å². The third kappa shape index (κ3) is 3.97. The van der Waals surface area contributed by atoms with Gasteiger partial charge in [-0.1, -0.05) is 0 Å². The smallest absolute Gasteiger partial charge is 0.272 e. The van der Waals surface area contributed by atoms with E-state index in [1.54, 1.807) is 11.0 Å². The fourth-order valence-electron chi connectivity index (χ4n) is 2.84. The third-order valence-corrected chi connectivity index (χ3v) is 6.03. The molecule has 0 aliphatic carbocycles. The molecule has 0 bridgehead atoms. The van der Waals surface area contributed by atoms with Gasteiger partial charge in [-0.05, 0) is 13.5 Å². The molecule has 1 amide bonds. The highest BCUT2D eigenvalue weighted by atomic mass is 32.2. The van der Waals surface area contributed by atoms with Gasteiger partial charge in [0.1, 0.15) is 17.8 Å². The Bertz CT molecular complexity index is 685. The third-order valence-electron chi connectivity index (χ3n) is 4.26. The number of hydrogen-bond donors (Lipinski definition) is 1. The number of carbonyl (C=O) groups is 1. The van der Waals surface area contributed by atoms with Crippen molar-refractivity contribution in [3.63, 3.8) is 0 Å². The van der Waals surface area contributed by atoms with Crippen molar-refractivity contribution in [1.82, 2.24) is 19.8 Å². The van der Waals surface area contributed by atoms with Crippen molar-refractivity contribution in [1.29, 1.82) is 0 Å². The van der Waals surface area contributed by atoms with Crippen LogP contribution in [0.15, 0.2) is 12.4 Å². The van der Waals surface area contributed by atoms with Gasteiger partial charge in [0.05, 0.1) is 11.5 Å². The molecule has 3 rings (SSSR count). The summed E-state index contributed by atoms with van der Waals surface area (Å²) in [7, 11) is -0.918. The molecule has 1 N–H and O–H groups in total. The van der Waals surface area contributed by atoms with Crippen LogP contribution in [0.1, 0.15) is 16.9 Å². The maximum absolute atomic E-state index is 12.5. The van der Waals surface area contributed by atoms with Gasteiger partial charge >= 0.3 is 0 Å². The molecule has 3 heterocycles. The summed E-state index contributed by atoms with van der Waals surface area (Å²) in [6.07, 6.45) is 1.91. The lowest BCUT2D eigenvalue weighted by atomic mass is 10.2. The van der Waals surface area contributed by atoms with Crippen molar-refractivity contribution in [2.75, 3.05) is 50.0 Å². The fourth-order valence-corrected chi connectivity index (χ4v) is 4.52. The van der Waals surface area contributed by atoms with Crippen molar-refractivity contribution < 1.29 is 13.2 Å². The van der Waals surface area contributed by atoms with E-state index >= 15 is 0 Å². The lowest BCUT2D eigenvalue weighted by Gasteiger charge is -2.32. The van der Waals surface area contributed by atoms with Crippen molar-refractivity contribution in [3.05, 3.63) is 18.1 Å². The second kappa shape index (κ2) is 6.40. The second-order valence-corrected chi connectivity index (χ2v) is 8.36. The minimum absolute atomic E-state index is 0.109. The molecular formula is C14H21N5O3S. The van der Waals surface area contributed by atoms with Crippen molar-refractivity contribution >= 4 is 21.6 Å². The predicted molar refractivity (Wildman–Crippen MR) is 86.1 cm³/mol. The molecule has 23 heavy (non-hydrogen) atoms. The van der Waals surface area contributed by atoms with E-state index in [0.29, 0.717) is 31.0 Å². The molecule has 8 nitrogen and oxygen atoms in total. The summed E-state index contributed by atoms with van der Waals surface area (Å²) in [4.78, 5) is 24.6. The number of sulfone groups is 1. The van der Waals surface area contributed by atoms with Gasteiger partial charge < -0.3 is 15.1 Å². The zero-order chi connectivity index (χ0) is 16.4. The first kappa shape index (κ1) is 16.1. The molecule has 9 heteroatoms. The highest BCUT2D eigenvalue weighted by molar-refractivity contribution is 7.91. The predicted octanol–water partition coefficient (Wildman–Crippen LogP) is -0.537. The van der Waals surface area contributed by atoms with Gasteiger partial charge in [-0.15, -0.1) is 0 Å². The van der Waals surface area contributed by atoms with Gasteiger partial charge in [-0.2, -0.15) is 0 Å². The standard InChI is InChI=1S/C14H21N5O3S/c1-18-3-5-19(6-4-18)14(20)12-8-13(16-10-15-12)17-11-2-7-23(21,22)9-11/h8,10-11H,2-7,9H2,1H3,(H,15,16,17). The molecule has 2 aliphatic heterocycles. The highest BCUT2D eigenvalue weighted by Crippen LogP contribution is 2.17. The molecular weight excluding hydrogens is 318 g/mol. The molecule has 2 aliphatic rings. The van der Waals surface area contributed by atoms with Crippen LogP contribution in [0, 0.1) is 0 Å². The second-order valence-electron chi connectivity index (χ2n) is 6.13. The molecule has 2 fully saturated rings. The van der Waals surface area contributed by atoms with E-state index in [1.165, 1.54) is 6.33 Å². The lowest BCUT2D eigenvalue weighted by Crippen LogP contribution is -2.47. The van der Waals surface area contributed by atoms with E-state index < -0.39 is 9.84 Å². The summed E-state index contributed by atoms with van der Waals surface area (Å²) in [5.41, 5.74) is 0.341. The number of amides is 1. The number of aromatic nitrogens is 2. The van der Waals surface area contributed by atoms with Gasteiger partial charge in [-0.25, -0.2) is 18.4 Å². The molecule has 126 valence electrons. The summed E-state index contributed by atoms with van der Waals surface area (Å²) < 4.78 is 23.0. The number of nitrogens with one attached hydrogen (secondary N) is 1. The monoisotopic (exact) mass is 339 g/mol. The summed E-state index contributed by atoms with van der Waals surface area (Å²) in [5, 5.41) is 3.09. The van der Waals surface area contributed by atoms with Crippen LogP contribution in [0.3, 0.4) is 0 Å². The zero-order valence-corrected chi connectivity index (χ0v) is 13.9. The molecule has 0 radical (unpaired) electrons. The molecule has 0 spiro atoms. The maximum Gasteiger partial charge on any atom is 0.272 e. The van der Waals surface area contributed by atoms with Gasteiger partial charge in [-0.3, -0.25) is 4.79 Å². The van der Waals surface area contributed by atoms with E-state index in [0.717, 1.165) is 13.1 Å². The number of nitrogens with zero attached hydrogens (tertiary/aromatic N) is 4. The molecule has 1 aromatic rings.